The third-order valence-corrected chi connectivity index (χ3v) is 5.80. The van der Waals surface area contributed by atoms with E-state index in [4.69, 9.17) is 13.9 Å². The van der Waals surface area contributed by atoms with Gasteiger partial charge in [0, 0.05) is 24.0 Å². The van der Waals surface area contributed by atoms with Gasteiger partial charge < -0.3 is 19.0 Å². The Kier molecular flexibility index (Phi) is 5.68. The van der Waals surface area contributed by atoms with Crippen molar-refractivity contribution in [1.29, 1.82) is 0 Å². The van der Waals surface area contributed by atoms with E-state index in [0.29, 0.717) is 46.2 Å². The fourth-order valence-electron chi connectivity index (χ4n) is 4.25. The average Bonchev–Trinajstić information content (AvgIpc) is 2.75. The Bertz CT molecular complexity index is 1120. The first-order valence-electron chi connectivity index (χ1n) is 10.2. The number of hydrogen-bond acceptors (Lipinski definition) is 6. The summed E-state index contributed by atoms with van der Waals surface area (Å²) in [6.07, 6.45) is 2.36. The number of fused-ring (bicyclic) bond motifs is 1. The fourth-order valence-corrected chi connectivity index (χ4v) is 4.25. The number of phenolic OH excluding ortho intramolecular Hbond substituents is 1. The second-order valence-corrected chi connectivity index (χ2v) is 7.98. The number of likely N-dealkylation sites (tertiary alicyclic amines) is 1. The van der Waals surface area contributed by atoms with E-state index in [1.807, 2.05) is 0 Å². The highest BCUT2D eigenvalue weighted by Crippen LogP contribution is 2.35. The highest BCUT2D eigenvalue weighted by molar-refractivity contribution is 5.87. The molecular weight excluding hydrogens is 382 g/mol. The summed E-state index contributed by atoms with van der Waals surface area (Å²) in [7, 11) is 3.13. The van der Waals surface area contributed by atoms with Crippen LogP contribution in [0.4, 0.5) is 0 Å². The largest absolute Gasteiger partial charge is 0.507 e. The van der Waals surface area contributed by atoms with E-state index >= 15 is 0 Å². The summed E-state index contributed by atoms with van der Waals surface area (Å²) in [4.78, 5) is 15.3. The second kappa shape index (κ2) is 8.40. The summed E-state index contributed by atoms with van der Waals surface area (Å²) in [5.74, 6) is 1.95. The minimum atomic E-state index is -0.479. The summed E-state index contributed by atoms with van der Waals surface area (Å²) < 4.78 is 16.5. The van der Waals surface area contributed by atoms with Gasteiger partial charge in [0.2, 0.25) is 0 Å². The predicted octanol–water partition coefficient (Wildman–Crippen LogP) is 4.41. The van der Waals surface area contributed by atoms with Crippen molar-refractivity contribution in [2.45, 2.75) is 26.3 Å². The van der Waals surface area contributed by atoms with Crippen LogP contribution in [0.1, 0.15) is 25.3 Å². The molecule has 0 unspecified atom stereocenters. The van der Waals surface area contributed by atoms with Gasteiger partial charge in [-0.25, -0.2) is 4.79 Å². The van der Waals surface area contributed by atoms with Crippen LogP contribution in [0.3, 0.4) is 0 Å². The molecule has 2 aromatic carbocycles. The Hall–Kier alpha value is -2.99. The number of ether oxygens (including phenoxy) is 2. The Morgan fingerprint density at radius 1 is 1.13 bits per heavy atom. The topological polar surface area (TPSA) is 72.1 Å². The molecule has 1 aliphatic heterocycles. The number of aromatic hydroxyl groups is 1. The van der Waals surface area contributed by atoms with Crippen LogP contribution < -0.4 is 15.1 Å². The van der Waals surface area contributed by atoms with Crippen molar-refractivity contribution >= 4 is 11.0 Å². The van der Waals surface area contributed by atoms with Crippen LogP contribution >= 0.6 is 0 Å². The zero-order chi connectivity index (χ0) is 21.3. The van der Waals surface area contributed by atoms with Crippen LogP contribution in [-0.2, 0) is 6.54 Å². The van der Waals surface area contributed by atoms with E-state index in [1.54, 1.807) is 50.6 Å². The molecule has 158 valence electrons. The van der Waals surface area contributed by atoms with Crippen molar-refractivity contribution in [3.8, 4) is 28.4 Å². The van der Waals surface area contributed by atoms with Gasteiger partial charge in [-0.2, -0.15) is 0 Å². The maximum Gasteiger partial charge on any atom is 0.344 e. The average molecular weight is 409 g/mol. The lowest BCUT2D eigenvalue weighted by Gasteiger charge is -2.31. The van der Waals surface area contributed by atoms with Gasteiger partial charge >= 0.3 is 5.63 Å². The van der Waals surface area contributed by atoms with Crippen LogP contribution in [0.5, 0.6) is 17.2 Å². The minimum absolute atomic E-state index is 0.149. The molecular formula is C24H27NO5. The molecule has 1 N–H and O–H groups in total. The third-order valence-electron chi connectivity index (χ3n) is 5.80. The van der Waals surface area contributed by atoms with Crippen LogP contribution in [0, 0.1) is 5.92 Å². The highest BCUT2D eigenvalue weighted by Gasteiger charge is 2.21. The predicted molar refractivity (Wildman–Crippen MR) is 116 cm³/mol. The molecule has 0 spiro atoms. The molecule has 0 radical (unpaired) electrons. The SMILES string of the molecule is COc1ccc(OC)c(-c2cc3ccc(O)c(CN4CCC[C@@H](C)C4)c3oc2=O)c1. The van der Waals surface area contributed by atoms with Gasteiger partial charge in [-0.3, -0.25) is 4.90 Å². The summed E-state index contributed by atoms with van der Waals surface area (Å²) in [5.41, 5.74) is 1.60. The standard InChI is InChI=1S/C24H27NO5/c1-15-5-4-10-25(13-15)14-20-21(26)8-6-16-11-19(24(27)30-23(16)20)18-12-17(28-2)7-9-22(18)29-3/h6-9,11-12,15,26H,4-5,10,13-14H2,1-3H3/t15-/m1/s1. The number of methoxy groups -OCH3 is 2. The zero-order valence-electron chi connectivity index (χ0n) is 17.6. The number of hydrogen-bond donors (Lipinski definition) is 1. The second-order valence-electron chi connectivity index (χ2n) is 7.98. The molecule has 0 bridgehead atoms. The maximum absolute atomic E-state index is 13.0. The van der Waals surface area contributed by atoms with Crippen LogP contribution in [0.25, 0.3) is 22.1 Å². The molecule has 1 fully saturated rings. The summed E-state index contributed by atoms with van der Waals surface area (Å²) >= 11 is 0. The van der Waals surface area contributed by atoms with Crippen molar-refractivity contribution in [1.82, 2.24) is 4.90 Å². The Balaban J connectivity index is 1.81. The normalized spacial score (nSPS) is 17.2. The maximum atomic E-state index is 13.0. The number of nitrogens with zero attached hydrogens (tertiary/aromatic N) is 1. The van der Waals surface area contributed by atoms with Crippen molar-refractivity contribution in [3.05, 3.63) is 52.4 Å². The number of benzene rings is 2. The third kappa shape index (κ3) is 3.87. The van der Waals surface area contributed by atoms with Gasteiger partial charge in [0.15, 0.2) is 0 Å². The molecule has 2 heterocycles. The molecule has 1 aromatic heterocycles. The monoisotopic (exact) mass is 409 g/mol. The molecule has 0 saturated carbocycles. The van der Waals surface area contributed by atoms with E-state index in [9.17, 15) is 9.90 Å². The highest BCUT2D eigenvalue weighted by atomic mass is 16.5. The molecule has 6 nitrogen and oxygen atoms in total. The van der Waals surface area contributed by atoms with Crippen molar-refractivity contribution in [3.63, 3.8) is 0 Å². The quantitative estimate of drug-likeness (QED) is 0.629. The van der Waals surface area contributed by atoms with Gasteiger partial charge in [0.1, 0.15) is 22.8 Å². The van der Waals surface area contributed by atoms with E-state index < -0.39 is 5.63 Å². The number of piperidine rings is 1. The lowest BCUT2D eigenvalue weighted by atomic mass is 9.99. The molecule has 1 saturated heterocycles. The molecule has 0 amide bonds. The van der Waals surface area contributed by atoms with Crippen LogP contribution in [0.2, 0.25) is 0 Å². The van der Waals surface area contributed by atoms with Gasteiger partial charge in [0.05, 0.1) is 25.3 Å². The molecule has 3 aromatic rings. The number of rotatable bonds is 5. The van der Waals surface area contributed by atoms with Gasteiger partial charge in [-0.15, -0.1) is 0 Å². The Morgan fingerprint density at radius 3 is 2.70 bits per heavy atom. The number of phenols is 1. The smallest absolute Gasteiger partial charge is 0.344 e. The van der Waals surface area contributed by atoms with Crippen molar-refractivity contribution < 1.29 is 19.0 Å². The summed E-state index contributed by atoms with van der Waals surface area (Å²) in [5, 5.41) is 11.3. The molecule has 6 heteroatoms. The van der Waals surface area contributed by atoms with E-state index in [1.165, 1.54) is 6.42 Å². The van der Waals surface area contributed by atoms with Crippen molar-refractivity contribution in [2.75, 3.05) is 27.3 Å². The molecule has 4 rings (SSSR count). The van der Waals surface area contributed by atoms with Crippen molar-refractivity contribution in [2.24, 2.45) is 5.92 Å². The van der Waals surface area contributed by atoms with E-state index in [2.05, 4.69) is 11.8 Å². The first kappa shape index (κ1) is 20.3. The Labute approximate surface area is 175 Å². The summed E-state index contributed by atoms with van der Waals surface area (Å²) in [6, 6.07) is 10.5. The van der Waals surface area contributed by atoms with Gasteiger partial charge in [-0.05, 0) is 61.7 Å². The lowest BCUT2D eigenvalue weighted by molar-refractivity contribution is 0.175. The molecule has 30 heavy (non-hydrogen) atoms. The van der Waals surface area contributed by atoms with Gasteiger partial charge in [0.25, 0.3) is 0 Å². The Morgan fingerprint density at radius 2 is 1.97 bits per heavy atom. The first-order chi connectivity index (χ1) is 14.5. The molecule has 1 atom stereocenters. The lowest BCUT2D eigenvalue weighted by Crippen LogP contribution is -2.33. The van der Waals surface area contributed by atoms with E-state index in [0.717, 1.165) is 24.9 Å². The van der Waals surface area contributed by atoms with Crippen LogP contribution in [0.15, 0.2) is 45.6 Å². The van der Waals surface area contributed by atoms with Gasteiger partial charge in [-0.1, -0.05) is 6.92 Å². The van der Waals surface area contributed by atoms with Crippen LogP contribution in [-0.4, -0.2) is 37.3 Å². The minimum Gasteiger partial charge on any atom is -0.507 e. The van der Waals surface area contributed by atoms with E-state index in [-0.39, 0.29) is 5.75 Å². The molecule has 0 aliphatic carbocycles. The summed E-state index contributed by atoms with van der Waals surface area (Å²) in [6.45, 7) is 4.74. The molecule has 1 aliphatic rings. The fraction of sp³-hybridized carbons (Fsp3) is 0.375. The first-order valence-corrected chi connectivity index (χ1v) is 10.2. The zero-order valence-corrected chi connectivity index (χ0v) is 17.6.